The third kappa shape index (κ3) is 2.35. The van der Waals surface area contributed by atoms with E-state index in [1.165, 1.54) is 0 Å². The Morgan fingerprint density at radius 3 is 2.69 bits per heavy atom. The SMILES string of the molecule is N#CC(Nc1ccccc1Cl)c1cccs1. The van der Waals surface area contributed by atoms with Crippen LogP contribution in [0, 0.1) is 11.3 Å². The van der Waals surface area contributed by atoms with Crippen molar-refractivity contribution in [2.75, 3.05) is 5.32 Å². The van der Waals surface area contributed by atoms with E-state index in [1.807, 2.05) is 35.7 Å². The van der Waals surface area contributed by atoms with E-state index in [-0.39, 0.29) is 6.04 Å². The molecule has 0 saturated heterocycles. The summed E-state index contributed by atoms with van der Waals surface area (Å²) in [6.07, 6.45) is 0. The summed E-state index contributed by atoms with van der Waals surface area (Å²) in [6.45, 7) is 0. The quantitative estimate of drug-likeness (QED) is 0.889. The van der Waals surface area contributed by atoms with Gasteiger partial charge in [0, 0.05) is 4.88 Å². The highest BCUT2D eigenvalue weighted by atomic mass is 35.5. The van der Waals surface area contributed by atoms with Gasteiger partial charge < -0.3 is 5.32 Å². The minimum Gasteiger partial charge on any atom is -0.364 e. The van der Waals surface area contributed by atoms with Crippen LogP contribution < -0.4 is 5.32 Å². The van der Waals surface area contributed by atoms with Crippen molar-refractivity contribution in [2.24, 2.45) is 0 Å². The van der Waals surface area contributed by atoms with Gasteiger partial charge in [0.05, 0.1) is 16.8 Å². The Kier molecular flexibility index (Phi) is 3.45. The minimum atomic E-state index is -0.347. The summed E-state index contributed by atoms with van der Waals surface area (Å²) in [6, 6.07) is 13.1. The lowest BCUT2D eigenvalue weighted by Crippen LogP contribution is -2.06. The molecule has 1 atom stereocenters. The highest BCUT2D eigenvalue weighted by molar-refractivity contribution is 7.10. The molecule has 2 rings (SSSR count). The molecule has 0 aliphatic heterocycles. The average Bonchev–Trinajstić information content (AvgIpc) is 2.81. The number of nitriles is 1. The van der Waals surface area contributed by atoms with E-state index in [2.05, 4.69) is 11.4 Å². The summed E-state index contributed by atoms with van der Waals surface area (Å²) in [4.78, 5) is 0.988. The standard InChI is InChI=1S/C12H9ClN2S/c13-9-4-1-2-5-10(9)15-11(8-14)12-6-3-7-16-12/h1-7,11,15H. The van der Waals surface area contributed by atoms with Crippen LogP contribution in [0.3, 0.4) is 0 Å². The van der Waals surface area contributed by atoms with Gasteiger partial charge in [-0.3, -0.25) is 0 Å². The van der Waals surface area contributed by atoms with E-state index >= 15 is 0 Å². The van der Waals surface area contributed by atoms with Gasteiger partial charge >= 0.3 is 0 Å². The summed E-state index contributed by atoms with van der Waals surface area (Å²) >= 11 is 7.57. The molecule has 2 aromatic rings. The van der Waals surface area contributed by atoms with Crippen molar-refractivity contribution in [1.29, 1.82) is 5.26 Å². The van der Waals surface area contributed by atoms with Gasteiger partial charge in [-0.05, 0) is 23.6 Å². The zero-order valence-electron chi connectivity index (χ0n) is 8.35. The van der Waals surface area contributed by atoms with Crippen LogP contribution in [0.25, 0.3) is 0 Å². The lowest BCUT2D eigenvalue weighted by molar-refractivity contribution is 1.03. The predicted molar refractivity (Wildman–Crippen MR) is 67.7 cm³/mol. The molecule has 16 heavy (non-hydrogen) atoms. The van der Waals surface area contributed by atoms with Crippen LogP contribution in [0.1, 0.15) is 10.9 Å². The molecule has 80 valence electrons. The molecule has 1 aromatic heterocycles. The number of rotatable bonds is 3. The Bertz CT molecular complexity index is 502. The van der Waals surface area contributed by atoms with Crippen molar-refractivity contribution in [3.63, 3.8) is 0 Å². The fourth-order valence-electron chi connectivity index (χ4n) is 1.36. The molecule has 0 spiro atoms. The van der Waals surface area contributed by atoms with E-state index in [1.54, 1.807) is 17.4 Å². The number of hydrogen-bond acceptors (Lipinski definition) is 3. The normalized spacial score (nSPS) is 11.8. The summed E-state index contributed by atoms with van der Waals surface area (Å²) in [5.74, 6) is 0. The van der Waals surface area contributed by atoms with Crippen molar-refractivity contribution >= 4 is 28.6 Å². The maximum Gasteiger partial charge on any atom is 0.149 e. The Labute approximate surface area is 103 Å². The van der Waals surface area contributed by atoms with Crippen LogP contribution in [0.4, 0.5) is 5.69 Å². The first-order valence-corrected chi connectivity index (χ1v) is 6.01. The number of nitrogens with one attached hydrogen (secondary N) is 1. The van der Waals surface area contributed by atoms with Gasteiger partial charge in [0.2, 0.25) is 0 Å². The van der Waals surface area contributed by atoms with Crippen molar-refractivity contribution < 1.29 is 0 Å². The van der Waals surface area contributed by atoms with E-state index in [9.17, 15) is 0 Å². The smallest absolute Gasteiger partial charge is 0.149 e. The van der Waals surface area contributed by atoms with Crippen molar-refractivity contribution in [3.05, 3.63) is 51.7 Å². The Balaban J connectivity index is 2.21. The van der Waals surface area contributed by atoms with E-state index < -0.39 is 0 Å². The number of halogens is 1. The second-order valence-corrected chi connectivity index (χ2v) is 4.59. The van der Waals surface area contributed by atoms with Gasteiger partial charge in [-0.2, -0.15) is 5.26 Å². The van der Waals surface area contributed by atoms with Gasteiger partial charge in [0.1, 0.15) is 6.04 Å². The van der Waals surface area contributed by atoms with Crippen LogP contribution in [0.5, 0.6) is 0 Å². The summed E-state index contributed by atoms with van der Waals surface area (Å²) in [7, 11) is 0. The number of hydrogen-bond donors (Lipinski definition) is 1. The van der Waals surface area contributed by atoms with Gasteiger partial charge in [0.25, 0.3) is 0 Å². The molecule has 1 unspecified atom stereocenters. The van der Waals surface area contributed by atoms with Crippen molar-refractivity contribution in [3.8, 4) is 6.07 Å². The van der Waals surface area contributed by atoms with Crippen molar-refractivity contribution in [1.82, 2.24) is 0 Å². The van der Waals surface area contributed by atoms with Gasteiger partial charge in [-0.1, -0.05) is 29.8 Å². The predicted octanol–water partition coefficient (Wildman–Crippen LogP) is 4.08. The zero-order chi connectivity index (χ0) is 11.4. The molecule has 1 N–H and O–H groups in total. The van der Waals surface area contributed by atoms with Crippen LogP contribution in [-0.4, -0.2) is 0 Å². The number of thiophene rings is 1. The minimum absolute atomic E-state index is 0.347. The third-order valence-electron chi connectivity index (χ3n) is 2.13. The fraction of sp³-hybridized carbons (Fsp3) is 0.0833. The topological polar surface area (TPSA) is 35.8 Å². The maximum atomic E-state index is 9.10. The molecule has 1 heterocycles. The molecule has 0 aliphatic carbocycles. The van der Waals surface area contributed by atoms with Gasteiger partial charge in [0.15, 0.2) is 0 Å². The lowest BCUT2D eigenvalue weighted by atomic mass is 10.2. The van der Waals surface area contributed by atoms with Crippen LogP contribution in [0.2, 0.25) is 5.02 Å². The molecule has 0 radical (unpaired) electrons. The summed E-state index contributed by atoms with van der Waals surface area (Å²) in [5.41, 5.74) is 0.782. The van der Waals surface area contributed by atoms with Crippen LogP contribution in [-0.2, 0) is 0 Å². The number of anilines is 1. The first-order chi connectivity index (χ1) is 7.81. The molecule has 0 aliphatic rings. The molecule has 4 heteroatoms. The monoisotopic (exact) mass is 248 g/mol. The van der Waals surface area contributed by atoms with Crippen LogP contribution >= 0.6 is 22.9 Å². The van der Waals surface area contributed by atoms with Crippen LogP contribution in [0.15, 0.2) is 41.8 Å². The van der Waals surface area contributed by atoms with E-state index in [0.29, 0.717) is 5.02 Å². The van der Waals surface area contributed by atoms with E-state index in [0.717, 1.165) is 10.6 Å². The number of benzene rings is 1. The summed E-state index contributed by atoms with van der Waals surface area (Å²) in [5, 5.41) is 14.8. The molecule has 0 fully saturated rings. The summed E-state index contributed by atoms with van der Waals surface area (Å²) < 4.78 is 0. The number of para-hydroxylation sites is 1. The van der Waals surface area contributed by atoms with E-state index in [4.69, 9.17) is 16.9 Å². The molecular formula is C12H9ClN2S. The maximum absolute atomic E-state index is 9.10. The molecule has 2 nitrogen and oxygen atoms in total. The van der Waals surface area contributed by atoms with Crippen molar-refractivity contribution in [2.45, 2.75) is 6.04 Å². The number of nitrogens with zero attached hydrogens (tertiary/aromatic N) is 1. The van der Waals surface area contributed by atoms with Gasteiger partial charge in [-0.25, -0.2) is 0 Å². The highest BCUT2D eigenvalue weighted by Crippen LogP contribution is 2.27. The largest absolute Gasteiger partial charge is 0.364 e. The first-order valence-electron chi connectivity index (χ1n) is 4.75. The Morgan fingerprint density at radius 2 is 2.06 bits per heavy atom. The Morgan fingerprint density at radius 1 is 1.25 bits per heavy atom. The third-order valence-corrected chi connectivity index (χ3v) is 3.40. The first kappa shape index (κ1) is 11.0. The second kappa shape index (κ2) is 5.02. The average molecular weight is 249 g/mol. The molecule has 0 bridgehead atoms. The van der Waals surface area contributed by atoms with Gasteiger partial charge in [-0.15, -0.1) is 11.3 Å². The highest BCUT2D eigenvalue weighted by Gasteiger charge is 2.12. The molecular weight excluding hydrogens is 240 g/mol. The lowest BCUT2D eigenvalue weighted by Gasteiger charge is -2.12. The zero-order valence-corrected chi connectivity index (χ0v) is 9.92. The fourth-order valence-corrected chi connectivity index (χ4v) is 2.27. The molecule has 1 aromatic carbocycles. The Hall–Kier alpha value is -1.50. The molecule has 0 amide bonds. The molecule has 0 saturated carbocycles. The second-order valence-electron chi connectivity index (χ2n) is 3.20.